The molecule has 0 radical (unpaired) electrons. The molecule has 4 rings (SSSR count). The Bertz CT molecular complexity index is 942. The Labute approximate surface area is 178 Å². The second-order valence-corrected chi connectivity index (χ2v) is 7.98. The van der Waals surface area contributed by atoms with Gasteiger partial charge < -0.3 is 19.9 Å². The van der Waals surface area contributed by atoms with E-state index in [1.54, 1.807) is 0 Å². The molecule has 4 nitrogen and oxygen atoms in total. The number of fused-ring (bicyclic) bond motifs is 1. The van der Waals surface area contributed by atoms with Gasteiger partial charge in [0, 0.05) is 19.1 Å². The number of nitrogens with one attached hydrogen (secondary N) is 1. The maximum Gasteiger partial charge on any atom is 0.119 e. The molecule has 4 heteroatoms. The van der Waals surface area contributed by atoms with Gasteiger partial charge in [0.25, 0.3) is 0 Å². The number of rotatable bonds is 9. The molecule has 0 aromatic heterocycles. The smallest absolute Gasteiger partial charge is 0.119 e. The molecule has 0 aliphatic carbocycles. The zero-order valence-electron chi connectivity index (χ0n) is 17.4. The van der Waals surface area contributed by atoms with Gasteiger partial charge in [0.2, 0.25) is 0 Å². The van der Waals surface area contributed by atoms with Gasteiger partial charge in [-0.15, -0.1) is 0 Å². The van der Waals surface area contributed by atoms with Gasteiger partial charge in [-0.1, -0.05) is 48.5 Å². The van der Waals surface area contributed by atoms with Crippen molar-refractivity contribution >= 4 is 10.8 Å². The lowest BCUT2D eigenvalue weighted by Crippen LogP contribution is -2.40. The van der Waals surface area contributed by atoms with Crippen LogP contribution in [0.15, 0.2) is 66.7 Å². The maximum absolute atomic E-state index is 8.92. The predicted molar refractivity (Wildman–Crippen MR) is 121 cm³/mol. The van der Waals surface area contributed by atoms with Crippen molar-refractivity contribution in [3.05, 3.63) is 77.9 Å². The zero-order valence-corrected chi connectivity index (χ0v) is 17.4. The molecule has 2 N–H and O–H groups in total. The van der Waals surface area contributed by atoms with E-state index in [0.717, 1.165) is 38.1 Å². The minimum absolute atomic E-state index is 0.134. The van der Waals surface area contributed by atoms with Gasteiger partial charge in [-0.2, -0.15) is 0 Å². The van der Waals surface area contributed by atoms with Crippen LogP contribution in [0.4, 0.5) is 0 Å². The van der Waals surface area contributed by atoms with Crippen LogP contribution < -0.4 is 10.1 Å². The normalized spacial score (nSPS) is 19.1. The molecule has 3 aromatic rings. The van der Waals surface area contributed by atoms with E-state index in [1.165, 1.54) is 21.9 Å². The summed E-state index contributed by atoms with van der Waals surface area (Å²) in [6, 6.07) is 23.4. The van der Waals surface area contributed by atoms with Crippen LogP contribution in [0.3, 0.4) is 0 Å². The van der Waals surface area contributed by atoms with E-state index < -0.39 is 0 Å². The van der Waals surface area contributed by atoms with E-state index in [0.29, 0.717) is 19.1 Å². The number of hydrogen-bond acceptors (Lipinski definition) is 4. The Morgan fingerprint density at radius 3 is 2.73 bits per heavy atom. The van der Waals surface area contributed by atoms with Crippen LogP contribution in [-0.2, 0) is 11.3 Å². The fraction of sp³-hybridized carbons (Fsp3) is 0.385. The topological polar surface area (TPSA) is 50.7 Å². The lowest BCUT2D eigenvalue weighted by Gasteiger charge is -2.32. The predicted octanol–water partition coefficient (Wildman–Crippen LogP) is 4.65. The van der Waals surface area contributed by atoms with Crippen molar-refractivity contribution in [2.75, 3.05) is 26.3 Å². The number of benzene rings is 3. The van der Waals surface area contributed by atoms with Gasteiger partial charge in [0.15, 0.2) is 0 Å². The molecule has 30 heavy (non-hydrogen) atoms. The van der Waals surface area contributed by atoms with Crippen LogP contribution in [-0.4, -0.2) is 37.5 Å². The first kappa shape index (κ1) is 20.9. The molecule has 1 aliphatic heterocycles. The summed E-state index contributed by atoms with van der Waals surface area (Å²) < 4.78 is 12.3. The van der Waals surface area contributed by atoms with E-state index in [-0.39, 0.29) is 12.7 Å². The van der Waals surface area contributed by atoms with Gasteiger partial charge in [-0.3, -0.25) is 0 Å². The van der Waals surface area contributed by atoms with E-state index in [2.05, 4.69) is 66.0 Å². The second kappa shape index (κ2) is 10.6. The monoisotopic (exact) mass is 405 g/mol. The van der Waals surface area contributed by atoms with Crippen LogP contribution in [0.5, 0.6) is 5.75 Å². The summed E-state index contributed by atoms with van der Waals surface area (Å²) in [5.41, 5.74) is 2.48. The standard InChI is InChI=1S/C26H31NO3/c28-14-3-4-15-29-24-9-5-8-23(17-24)25-12-13-27-18-26(25)30-19-20-10-11-21-6-1-2-7-22(21)16-20/h1-2,5-11,16-17,25-28H,3-4,12-15,18-19H2. The van der Waals surface area contributed by atoms with Gasteiger partial charge in [-0.25, -0.2) is 0 Å². The van der Waals surface area contributed by atoms with Crippen LogP contribution >= 0.6 is 0 Å². The van der Waals surface area contributed by atoms with Gasteiger partial charge in [-0.05, 0) is 65.9 Å². The first-order valence-electron chi connectivity index (χ1n) is 11.0. The van der Waals surface area contributed by atoms with Crippen LogP contribution in [0, 0.1) is 0 Å². The highest BCUT2D eigenvalue weighted by Gasteiger charge is 2.27. The number of aliphatic hydroxyl groups excluding tert-OH is 1. The van der Waals surface area contributed by atoms with Crippen molar-refractivity contribution in [2.45, 2.75) is 37.9 Å². The molecule has 2 atom stereocenters. The maximum atomic E-state index is 8.92. The van der Waals surface area contributed by atoms with Crippen molar-refractivity contribution < 1.29 is 14.6 Å². The molecule has 0 bridgehead atoms. The van der Waals surface area contributed by atoms with Crippen molar-refractivity contribution in [1.29, 1.82) is 0 Å². The quantitative estimate of drug-likeness (QED) is 0.509. The second-order valence-electron chi connectivity index (χ2n) is 7.98. The molecule has 1 heterocycles. The highest BCUT2D eigenvalue weighted by molar-refractivity contribution is 5.82. The minimum Gasteiger partial charge on any atom is -0.494 e. The summed E-state index contributed by atoms with van der Waals surface area (Å²) in [5.74, 6) is 1.25. The molecule has 0 spiro atoms. The number of aliphatic hydroxyl groups is 1. The summed E-state index contributed by atoms with van der Waals surface area (Å²) in [4.78, 5) is 0. The van der Waals surface area contributed by atoms with E-state index in [4.69, 9.17) is 14.6 Å². The molecule has 1 saturated heterocycles. The summed E-state index contributed by atoms with van der Waals surface area (Å²) >= 11 is 0. The van der Waals surface area contributed by atoms with Crippen molar-refractivity contribution in [3.8, 4) is 5.75 Å². The third kappa shape index (κ3) is 5.39. The number of hydrogen-bond donors (Lipinski definition) is 2. The number of unbranched alkanes of at least 4 members (excludes halogenated alkanes) is 1. The lowest BCUT2D eigenvalue weighted by molar-refractivity contribution is 0.0106. The first-order chi connectivity index (χ1) is 14.8. The van der Waals surface area contributed by atoms with E-state index in [9.17, 15) is 0 Å². The largest absolute Gasteiger partial charge is 0.494 e. The summed E-state index contributed by atoms with van der Waals surface area (Å²) in [5, 5.41) is 14.9. The van der Waals surface area contributed by atoms with Crippen LogP contribution in [0.1, 0.15) is 36.3 Å². The average Bonchev–Trinajstić information content (AvgIpc) is 2.81. The van der Waals surface area contributed by atoms with Gasteiger partial charge >= 0.3 is 0 Å². The highest BCUT2D eigenvalue weighted by Crippen LogP contribution is 2.31. The average molecular weight is 406 g/mol. The van der Waals surface area contributed by atoms with Crippen LogP contribution in [0.2, 0.25) is 0 Å². The zero-order chi connectivity index (χ0) is 20.6. The van der Waals surface area contributed by atoms with E-state index >= 15 is 0 Å². The molecule has 1 fully saturated rings. The molecule has 0 saturated carbocycles. The lowest BCUT2D eigenvalue weighted by atomic mass is 9.87. The van der Waals surface area contributed by atoms with E-state index in [1.807, 2.05) is 6.07 Å². The van der Waals surface area contributed by atoms with Gasteiger partial charge in [0.05, 0.1) is 19.3 Å². The SMILES string of the molecule is OCCCCOc1cccc(C2CCNCC2OCc2ccc3ccccc3c2)c1. The summed E-state index contributed by atoms with van der Waals surface area (Å²) in [6.45, 7) is 3.33. The Morgan fingerprint density at radius 1 is 0.933 bits per heavy atom. The Balaban J connectivity index is 1.41. The molecule has 0 amide bonds. The minimum atomic E-state index is 0.134. The molecule has 2 unspecified atom stereocenters. The highest BCUT2D eigenvalue weighted by atomic mass is 16.5. The Kier molecular flexibility index (Phi) is 7.35. The van der Waals surface area contributed by atoms with Crippen molar-refractivity contribution in [3.63, 3.8) is 0 Å². The molecular weight excluding hydrogens is 374 g/mol. The Morgan fingerprint density at radius 2 is 1.83 bits per heavy atom. The molecule has 158 valence electrons. The van der Waals surface area contributed by atoms with Crippen molar-refractivity contribution in [2.24, 2.45) is 0 Å². The van der Waals surface area contributed by atoms with Gasteiger partial charge in [0.1, 0.15) is 5.75 Å². The molecular formula is C26H31NO3. The first-order valence-corrected chi connectivity index (χ1v) is 11.0. The molecule has 3 aromatic carbocycles. The van der Waals surface area contributed by atoms with Crippen molar-refractivity contribution in [1.82, 2.24) is 5.32 Å². The third-order valence-corrected chi connectivity index (χ3v) is 5.81. The van der Waals surface area contributed by atoms with Crippen LogP contribution in [0.25, 0.3) is 10.8 Å². The summed E-state index contributed by atoms with van der Waals surface area (Å²) in [6.07, 6.45) is 2.83. The fourth-order valence-corrected chi connectivity index (χ4v) is 4.16. The number of piperidine rings is 1. The molecule has 1 aliphatic rings. The Hall–Kier alpha value is -2.40. The third-order valence-electron chi connectivity index (χ3n) is 5.81. The number of ether oxygens (including phenoxy) is 2. The summed E-state index contributed by atoms with van der Waals surface area (Å²) in [7, 11) is 0. The fourth-order valence-electron chi connectivity index (χ4n) is 4.16.